The van der Waals surface area contributed by atoms with Gasteiger partial charge >= 0.3 is 0 Å². The van der Waals surface area contributed by atoms with Crippen molar-refractivity contribution in [3.05, 3.63) is 58.4 Å². The quantitative estimate of drug-likeness (QED) is 0.0700. The molecule has 1 fully saturated rings. The fraction of sp³-hybridized carbons (Fsp3) is 0.680. The van der Waals surface area contributed by atoms with Crippen molar-refractivity contribution >= 4 is 35.1 Å². The van der Waals surface area contributed by atoms with E-state index in [2.05, 4.69) is 15.2 Å². The predicted octanol–water partition coefficient (Wildman–Crippen LogP) is 2.24. The van der Waals surface area contributed by atoms with Gasteiger partial charge in [-0.05, 0) is 48.6 Å². The summed E-state index contributed by atoms with van der Waals surface area (Å²) in [5.74, 6) is 0.0869. The molecule has 1 aliphatic carbocycles. The zero-order valence-corrected chi connectivity index (χ0v) is 41.4. The van der Waals surface area contributed by atoms with Crippen molar-refractivity contribution < 1.29 is 62.1 Å². The summed E-state index contributed by atoms with van der Waals surface area (Å²) in [5.41, 5.74) is 16.6. The number of aliphatic hydroxyl groups is 1. The van der Waals surface area contributed by atoms with Gasteiger partial charge in [0.05, 0.1) is 162 Å². The van der Waals surface area contributed by atoms with E-state index in [-0.39, 0.29) is 31.4 Å². The first-order valence-electron chi connectivity index (χ1n) is 24.9. The number of aliphatic hydroxyl groups excluding tert-OH is 1. The molecule has 2 amide bonds. The van der Waals surface area contributed by atoms with Gasteiger partial charge in [0.2, 0.25) is 11.8 Å². The summed E-state index contributed by atoms with van der Waals surface area (Å²) in [7, 11) is 0. The third kappa shape index (κ3) is 20.6. The number of pyridine rings is 1. The first-order valence-corrected chi connectivity index (χ1v) is 24.9. The van der Waals surface area contributed by atoms with E-state index < -0.39 is 5.41 Å². The number of nitrogens with one attached hydrogen (secondary N) is 1. The molecule has 3 aliphatic rings. The topological polar surface area (TPSA) is 242 Å². The van der Waals surface area contributed by atoms with Crippen LogP contribution in [-0.2, 0) is 75.3 Å². The minimum Gasteiger partial charge on any atom is -0.395 e. The Balaban J connectivity index is 0.845. The summed E-state index contributed by atoms with van der Waals surface area (Å²) in [6.07, 6.45) is 6.81. The number of rotatable bonds is 40. The Morgan fingerprint density at radius 2 is 1.27 bits per heavy atom. The average Bonchev–Trinajstić information content (AvgIpc) is 4.20. The summed E-state index contributed by atoms with van der Waals surface area (Å²) in [5, 5.41) is 12.7. The number of aromatic nitrogens is 1. The molecule has 0 unspecified atom stereocenters. The fourth-order valence-electron chi connectivity index (χ4n) is 7.86. The highest BCUT2D eigenvalue weighted by atomic mass is 16.6. The second-order valence-electron chi connectivity index (χ2n) is 17.0. The van der Waals surface area contributed by atoms with Crippen LogP contribution in [0.2, 0.25) is 0 Å². The summed E-state index contributed by atoms with van der Waals surface area (Å²) < 4.78 is 55.2. The molecule has 6 N–H and O–H groups in total. The van der Waals surface area contributed by atoms with Crippen LogP contribution in [0.25, 0.3) is 6.08 Å². The number of carbonyl (C=O) groups is 2. The van der Waals surface area contributed by atoms with Crippen molar-refractivity contribution in [3.63, 3.8) is 0 Å². The van der Waals surface area contributed by atoms with Crippen LogP contribution >= 0.6 is 0 Å². The van der Waals surface area contributed by atoms with Crippen LogP contribution < -0.4 is 16.8 Å². The van der Waals surface area contributed by atoms with Gasteiger partial charge in [-0.1, -0.05) is 19.1 Å². The molecule has 0 atom stereocenters. The molecule has 20 nitrogen and oxygen atoms in total. The largest absolute Gasteiger partial charge is 0.395 e. The van der Waals surface area contributed by atoms with Gasteiger partial charge in [0.25, 0.3) is 0 Å². The standard InChI is InChI=1S/C50H79N7O13/c1-2-9-57(11-13-58)48(59)41-34-40-3-4-43(37-46(40)55-47(52)36-41)50(6-7-50)49(60)54-44-35-42-39-56(10-5-45(42)53-38-44)12-15-62-17-19-64-21-23-66-25-27-68-29-31-70-33-32-69-30-28-67-26-24-65-22-20-63-18-16-61-14-8-51/h3-4,34-35,37-38,58H,2,5-33,36,39,51H2,1H3,(H2,52,55)(H,54,60). The van der Waals surface area contributed by atoms with Crippen LogP contribution in [0.1, 0.15) is 55.0 Å². The van der Waals surface area contributed by atoms with E-state index >= 15 is 0 Å². The number of hydrogen-bond donors (Lipinski definition) is 4. The lowest BCUT2D eigenvalue weighted by Gasteiger charge is -2.28. The second kappa shape index (κ2) is 33.6. The highest BCUT2D eigenvalue weighted by Gasteiger charge is 2.51. The van der Waals surface area contributed by atoms with Crippen LogP contribution in [0.3, 0.4) is 0 Å². The molecule has 2 aromatic rings. The number of benzene rings is 1. The van der Waals surface area contributed by atoms with Crippen molar-refractivity contribution in [2.75, 3.05) is 177 Å². The highest BCUT2D eigenvalue weighted by molar-refractivity contribution is 6.06. The Kier molecular flexibility index (Phi) is 27.3. The van der Waals surface area contributed by atoms with Crippen LogP contribution in [0.4, 0.5) is 11.4 Å². The maximum Gasteiger partial charge on any atom is 0.250 e. The molecule has 0 spiro atoms. The lowest BCUT2D eigenvalue weighted by Crippen LogP contribution is -2.36. The van der Waals surface area contributed by atoms with E-state index in [0.29, 0.717) is 181 Å². The smallest absolute Gasteiger partial charge is 0.250 e. The molecular weight excluding hydrogens is 907 g/mol. The number of amidine groups is 1. The van der Waals surface area contributed by atoms with Gasteiger partial charge in [-0.15, -0.1) is 0 Å². The summed E-state index contributed by atoms with van der Waals surface area (Å²) in [6.45, 7) is 15.7. The summed E-state index contributed by atoms with van der Waals surface area (Å²) in [4.78, 5) is 40.6. The van der Waals surface area contributed by atoms with Gasteiger partial charge in [0.1, 0.15) is 5.84 Å². The van der Waals surface area contributed by atoms with E-state index in [0.717, 1.165) is 54.9 Å². The Hall–Kier alpha value is -4.00. The highest BCUT2D eigenvalue weighted by Crippen LogP contribution is 2.50. The zero-order chi connectivity index (χ0) is 49.5. The van der Waals surface area contributed by atoms with Crippen LogP contribution in [0, 0.1) is 0 Å². The lowest BCUT2D eigenvalue weighted by atomic mass is 9.92. The van der Waals surface area contributed by atoms with Crippen LogP contribution in [0.15, 0.2) is 41.0 Å². The molecule has 1 saturated carbocycles. The van der Waals surface area contributed by atoms with Crippen molar-refractivity contribution in [2.45, 2.75) is 51.0 Å². The predicted molar refractivity (Wildman–Crippen MR) is 264 cm³/mol. The molecular formula is C50H79N7O13. The molecule has 70 heavy (non-hydrogen) atoms. The van der Waals surface area contributed by atoms with E-state index in [1.54, 1.807) is 11.1 Å². The molecule has 392 valence electrons. The van der Waals surface area contributed by atoms with Gasteiger partial charge in [-0.3, -0.25) is 19.5 Å². The van der Waals surface area contributed by atoms with E-state index in [9.17, 15) is 14.7 Å². The molecule has 20 heteroatoms. The van der Waals surface area contributed by atoms with Crippen molar-refractivity contribution in [2.24, 2.45) is 16.5 Å². The monoisotopic (exact) mass is 986 g/mol. The first kappa shape index (κ1) is 56.9. The molecule has 3 heterocycles. The third-order valence-corrected chi connectivity index (χ3v) is 11.7. The third-order valence-electron chi connectivity index (χ3n) is 11.7. The van der Waals surface area contributed by atoms with Gasteiger partial charge in [-0.25, -0.2) is 4.99 Å². The molecule has 0 radical (unpaired) electrons. The second-order valence-corrected chi connectivity index (χ2v) is 17.0. The van der Waals surface area contributed by atoms with Gasteiger partial charge in [-0.2, -0.15) is 0 Å². The summed E-state index contributed by atoms with van der Waals surface area (Å²) in [6, 6.07) is 7.81. The van der Waals surface area contributed by atoms with Gasteiger partial charge in [0, 0.05) is 68.9 Å². The molecule has 2 aliphatic heterocycles. The zero-order valence-electron chi connectivity index (χ0n) is 41.4. The fourth-order valence-corrected chi connectivity index (χ4v) is 7.86. The minimum absolute atomic E-state index is 0.0807. The van der Waals surface area contributed by atoms with Crippen molar-refractivity contribution in [1.82, 2.24) is 14.8 Å². The summed E-state index contributed by atoms with van der Waals surface area (Å²) >= 11 is 0. The average molecular weight is 986 g/mol. The maximum atomic E-state index is 13.9. The molecule has 5 rings (SSSR count). The molecule has 0 saturated heterocycles. The van der Waals surface area contributed by atoms with E-state index in [1.807, 2.05) is 37.3 Å². The van der Waals surface area contributed by atoms with E-state index in [4.69, 9.17) is 63.8 Å². The van der Waals surface area contributed by atoms with E-state index in [1.165, 1.54) is 0 Å². The molecule has 1 aromatic carbocycles. The SMILES string of the molecule is CCCN(CCO)C(=O)C1=Cc2ccc(C3(C(=O)Nc4cnc5c(c4)CN(CCOCCOCCOCCOCCOCCOCCOCCOCCOCCOCCN)CC5)CC3)cc2N=C(N)C1. The van der Waals surface area contributed by atoms with Gasteiger partial charge in [0.15, 0.2) is 0 Å². The van der Waals surface area contributed by atoms with Crippen LogP contribution in [-0.4, -0.2) is 209 Å². The molecule has 1 aromatic heterocycles. The number of anilines is 1. The van der Waals surface area contributed by atoms with Gasteiger partial charge < -0.3 is 74.2 Å². The minimum atomic E-state index is -0.680. The number of ether oxygens (including phenoxy) is 10. The normalized spacial score (nSPS) is 15.2. The lowest BCUT2D eigenvalue weighted by molar-refractivity contribution is -0.127. The Morgan fingerprint density at radius 1 is 0.743 bits per heavy atom. The Morgan fingerprint density at radius 3 is 1.77 bits per heavy atom. The number of amides is 2. The van der Waals surface area contributed by atoms with Crippen molar-refractivity contribution in [1.29, 1.82) is 0 Å². The molecule has 0 bridgehead atoms. The van der Waals surface area contributed by atoms with Crippen LogP contribution in [0.5, 0.6) is 0 Å². The number of nitrogens with zero attached hydrogens (tertiary/aromatic N) is 4. The number of aliphatic imine (C=N–C) groups is 1. The Bertz CT molecular complexity index is 1880. The first-order chi connectivity index (χ1) is 34.4. The maximum absolute atomic E-state index is 13.9. The Labute approximate surface area is 413 Å². The number of fused-ring (bicyclic) bond motifs is 2. The van der Waals surface area contributed by atoms with Crippen molar-refractivity contribution in [3.8, 4) is 0 Å². The number of nitrogens with two attached hydrogens (primary N) is 2. The number of hydrogen-bond acceptors (Lipinski definition) is 18. The number of carbonyl (C=O) groups excluding carboxylic acids is 2.